The van der Waals surface area contributed by atoms with Gasteiger partial charge in [-0.1, -0.05) is 6.92 Å². The Hall–Kier alpha value is -0.580. The fourth-order valence-electron chi connectivity index (χ4n) is 0.649. The van der Waals surface area contributed by atoms with E-state index in [9.17, 15) is 4.21 Å². The average molecular weight is 191 g/mol. The largest absolute Gasteiger partial charge is 0.370 e. The van der Waals surface area contributed by atoms with Gasteiger partial charge in [-0.3, -0.25) is 9.20 Å². The first-order valence-electron chi connectivity index (χ1n) is 3.86. The van der Waals surface area contributed by atoms with Gasteiger partial charge < -0.3 is 11.1 Å². The van der Waals surface area contributed by atoms with Crippen LogP contribution in [0.5, 0.6) is 0 Å². The molecule has 0 bridgehead atoms. The number of nitrogens with two attached hydrogens (primary N) is 1. The van der Waals surface area contributed by atoms with Gasteiger partial charge in [-0.2, -0.15) is 0 Å². The van der Waals surface area contributed by atoms with Crippen molar-refractivity contribution in [2.24, 2.45) is 10.7 Å². The van der Waals surface area contributed by atoms with Crippen molar-refractivity contribution >= 4 is 16.8 Å². The molecule has 2 atom stereocenters. The van der Waals surface area contributed by atoms with E-state index in [0.29, 0.717) is 5.96 Å². The predicted octanol–water partition coefficient (Wildman–Crippen LogP) is -0.322. The minimum Gasteiger partial charge on any atom is -0.370 e. The number of hydrogen-bond donors (Lipinski definition) is 2. The fraction of sp³-hybridized carbons (Fsp3) is 0.857. The van der Waals surface area contributed by atoms with Gasteiger partial charge in [-0.05, 0) is 6.42 Å². The normalized spacial score (nSPS) is 17.1. The van der Waals surface area contributed by atoms with E-state index in [1.807, 2.05) is 6.92 Å². The number of hydrogen-bond acceptors (Lipinski definition) is 2. The zero-order valence-electron chi connectivity index (χ0n) is 7.83. The summed E-state index contributed by atoms with van der Waals surface area (Å²) in [6.45, 7) is 2.68. The highest BCUT2D eigenvalue weighted by atomic mass is 32.2. The summed E-state index contributed by atoms with van der Waals surface area (Å²) in [7, 11) is 0.881. The van der Waals surface area contributed by atoms with Crippen LogP contribution in [0.1, 0.15) is 13.3 Å². The number of guanidine groups is 1. The van der Waals surface area contributed by atoms with E-state index in [0.717, 1.165) is 13.0 Å². The van der Waals surface area contributed by atoms with Crippen LogP contribution in [0.2, 0.25) is 0 Å². The monoisotopic (exact) mass is 191 g/mol. The number of rotatable bonds is 4. The molecule has 0 amide bonds. The number of nitrogens with zero attached hydrogens (tertiary/aromatic N) is 1. The Labute approximate surface area is 76.1 Å². The number of nitrogens with one attached hydrogen (secondary N) is 1. The molecule has 12 heavy (non-hydrogen) atoms. The van der Waals surface area contributed by atoms with E-state index in [-0.39, 0.29) is 5.25 Å². The highest BCUT2D eigenvalue weighted by Gasteiger charge is 2.04. The molecule has 0 saturated carbocycles. The Morgan fingerprint density at radius 2 is 2.33 bits per heavy atom. The Balaban J connectivity index is 3.50. The highest BCUT2D eigenvalue weighted by Crippen LogP contribution is 1.96. The van der Waals surface area contributed by atoms with Gasteiger partial charge in [0, 0.05) is 35.9 Å². The van der Waals surface area contributed by atoms with Gasteiger partial charge in [-0.15, -0.1) is 0 Å². The maximum atomic E-state index is 10.9. The zero-order chi connectivity index (χ0) is 9.56. The summed E-state index contributed by atoms with van der Waals surface area (Å²) < 4.78 is 10.9. The Morgan fingerprint density at radius 3 is 2.75 bits per heavy atom. The molecule has 0 rings (SSSR count). The van der Waals surface area contributed by atoms with Gasteiger partial charge >= 0.3 is 0 Å². The summed E-state index contributed by atoms with van der Waals surface area (Å²) >= 11 is 0. The second-order valence-corrected chi connectivity index (χ2v) is 4.44. The fourth-order valence-corrected chi connectivity index (χ4v) is 1.10. The Kier molecular flexibility index (Phi) is 5.70. The molecule has 4 nitrogen and oxygen atoms in total. The molecule has 0 aliphatic carbocycles. The molecule has 0 aromatic heterocycles. The Morgan fingerprint density at radius 1 is 1.75 bits per heavy atom. The van der Waals surface area contributed by atoms with Crippen LogP contribution in [0, 0.1) is 0 Å². The van der Waals surface area contributed by atoms with Crippen LogP contribution in [0.3, 0.4) is 0 Å². The molecule has 0 aliphatic rings. The molecule has 0 aliphatic heterocycles. The van der Waals surface area contributed by atoms with Crippen molar-refractivity contribution in [2.45, 2.75) is 18.6 Å². The molecule has 2 unspecified atom stereocenters. The second-order valence-electron chi connectivity index (χ2n) is 2.63. The van der Waals surface area contributed by atoms with Crippen LogP contribution in [0.4, 0.5) is 0 Å². The van der Waals surface area contributed by atoms with Crippen LogP contribution in [0.25, 0.3) is 0 Å². The van der Waals surface area contributed by atoms with E-state index in [1.165, 1.54) is 0 Å². The molecule has 72 valence electrons. The molecular formula is C7H17N3OS. The molecule has 0 radical (unpaired) electrons. The first kappa shape index (κ1) is 11.4. The van der Waals surface area contributed by atoms with E-state index in [4.69, 9.17) is 5.73 Å². The van der Waals surface area contributed by atoms with Gasteiger partial charge in [0.2, 0.25) is 0 Å². The SMILES string of the molecule is CN=C(N)NCCC(C)S(C)=O. The Bertz CT molecular complexity index is 181. The molecule has 3 N–H and O–H groups in total. The maximum absolute atomic E-state index is 10.9. The lowest BCUT2D eigenvalue weighted by Gasteiger charge is -2.08. The highest BCUT2D eigenvalue weighted by molar-refractivity contribution is 7.84. The smallest absolute Gasteiger partial charge is 0.188 e. The standard InChI is InChI=1S/C7H17N3OS/c1-6(12(3)11)4-5-10-7(8)9-2/h6H,4-5H2,1-3H3,(H3,8,9,10). The summed E-state index contributed by atoms with van der Waals surface area (Å²) in [4.78, 5) is 3.74. The average Bonchev–Trinajstić information content (AvgIpc) is 2.03. The van der Waals surface area contributed by atoms with Crippen molar-refractivity contribution in [3.8, 4) is 0 Å². The molecular weight excluding hydrogens is 174 g/mol. The lowest BCUT2D eigenvalue weighted by Crippen LogP contribution is -2.33. The molecule has 0 aromatic carbocycles. The first-order valence-corrected chi connectivity index (χ1v) is 5.48. The van der Waals surface area contributed by atoms with Crippen molar-refractivity contribution in [3.05, 3.63) is 0 Å². The van der Waals surface area contributed by atoms with E-state index in [1.54, 1.807) is 13.3 Å². The third-order valence-corrected chi connectivity index (χ3v) is 3.03. The van der Waals surface area contributed by atoms with Crippen LogP contribution >= 0.6 is 0 Å². The van der Waals surface area contributed by atoms with Crippen molar-refractivity contribution in [3.63, 3.8) is 0 Å². The quantitative estimate of drug-likeness (QED) is 0.472. The van der Waals surface area contributed by atoms with Gasteiger partial charge in [0.25, 0.3) is 0 Å². The lowest BCUT2D eigenvalue weighted by molar-refractivity contribution is 0.665. The van der Waals surface area contributed by atoms with E-state index >= 15 is 0 Å². The summed E-state index contributed by atoms with van der Waals surface area (Å²) in [6, 6.07) is 0. The van der Waals surface area contributed by atoms with E-state index in [2.05, 4.69) is 10.3 Å². The van der Waals surface area contributed by atoms with Crippen molar-refractivity contribution in [1.29, 1.82) is 0 Å². The maximum Gasteiger partial charge on any atom is 0.188 e. The van der Waals surface area contributed by atoms with Gasteiger partial charge in [0.15, 0.2) is 5.96 Å². The second kappa shape index (κ2) is 5.99. The van der Waals surface area contributed by atoms with Gasteiger partial charge in [-0.25, -0.2) is 0 Å². The minimum absolute atomic E-state index is 0.210. The van der Waals surface area contributed by atoms with Gasteiger partial charge in [0.1, 0.15) is 0 Å². The third-order valence-electron chi connectivity index (χ3n) is 1.66. The first-order chi connectivity index (χ1) is 5.57. The summed E-state index contributed by atoms with van der Waals surface area (Å²) in [5.41, 5.74) is 5.40. The van der Waals surface area contributed by atoms with Crippen molar-refractivity contribution in [2.75, 3.05) is 19.8 Å². The topological polar surface area (TPSA) is 67.5 Å². The summed E-state index contributed by atoms with van der Waals surface area (Å²) in [5.74, 6) is 0.434. The molecule has 0 spiro atoms. The van der Waals surface area contributed by atoms with Crippen LogP contribution < -0.4 is 11.1 Å². The molecule has 0 saturated heterocycles. The minimum atomic E-state index is -0.748. The molecule has 0 fully saturated rings. The van der Waals surface area contributed by atoms with Crippen LogP contribution in [0.15, 0.2) is 4.99 Å². The summed E-state index contributed by atoms with van der Waals surface area (Å²) in [6.07, 6.45) is 2.56. The summed E-state index contributed by atoms with van der Waals surface area (Å²) in [5, 5.41) is 3.12. The van der Waals surface area contributed by atoms with Crippen LogP contribution in [-0.4, -0.2) is 35.3 Å². The third kappa shape index (κ3) is 5.12. The zero-order valence-corrected chi connectivity index (χ0v) is 8.65. The molecule has 0 aromatic rings. The van der Waals surface area contributed by atoms with Crippen molar-refractivity contribution < 1.29 is 4.21 Å². The lowest BCUT2D eigenvalue weighted by atomic mass is 10.3. The molecule has 0 heterocycles. The van der Waals surface area contributed by atoms with E-state index < -0.39 is 10.8 Å². The predicted molar refractivity (Wildman–Crippen MR) is 53.7 cm³/mol. The number of aliphatic imine (C=N–C) groups is 1. The van der Waals surface area contributed by atoms with Crippen LogP contribution in [-0.2, 0) is 10.8 Å². The van der Waals surface area contributed by atoms with Crippen molar-refractivity contribution in [1.82, 2.24) is 5.32 Å². The van der Waals surface area contributed by atoms with Gasteiger partial charge in [0.05, 0.1) is 0 Å². The molecule has 5 heteroatoms.